The number of carbonyl (C=O) groups excluding carboxylic acids is 1. The van der Waals surface area contributed by atoms with Crippen molar-refractivity contribution in [1.82, 2.24) is 9.97 Å². The summed E-state index contributed by atoms with van der Waals surface area (Å²) in [5.74, 6) is 1.23. The SMILES string of the molecule is CC(N)=NCCCC[C@@H](C=O)Nc1ncc[nH]1. The third kappa shape index (κ3) is 5.70. The number of nitrogens with two attached hydrogens (primary N) is 1. The number of anilines is 1. The number of amidine groups is 1. The molecule has 0 aliphatic carbocycles. The molecular formula is C11H19N5O. The van der Waals surface area contributed by atoms with Crippen LogP contribution in [0.2, 0.25) is 0 Å². The fraction of sp³-hybridized carbons (Fsp3) is 0.545. The van der Waals surface area contributed by atoms with Crippen LogP contribution in [0.1, 0.15) is 26.2 Å². The highest BCUT2D eigenvalue weighted by Crippen LogP contribution is 2.05. The van der Waals surface area contributed by atoms with Crippen LogP contribution in [0, 0.1) is 0 Å². The Morgan fingerprint density at radius 2 is 2.53 bits per heavy atom. The molecule has 0 bridgehead atoms. The number of unbranched alkanes of at least 4 members (excludes halogenated alkanes) is 1. The average molecular weight is 237 g/mol. The maximum atomic E-state index is 10.9. The zero-order chi connectivity index (χ0) is 12.5. The number of aldehydes is 1. The molecule has 4 N–H and O–H groups in total. The van der Waals surface area contributed by atoms with Gasteiger partial charge in [0.05, 0.1) is 11.9 Å². The van der Waals surface area contributed by atoms with Crippen LogP contribution < -0.4 is 11.1 Å². The monoisotopic (exact) mass is 237 g/mol. The molecular weight excluding hydrogens is 218 g/mol. The lowest BCUT2D eigenvalue weighted by molar-refractivity contribution is -0.108. The van der Waals surface area contributed by atoms with Gasteiger partial charge in [0.25, 0.3) is 0 Å². The zero-order valence-electron chi connectivity index (χ0n) is 10.0. The Morgan fingerprint density at radius 1 is 1.71 bits per heavy atom. The summed E-state index contributed by atoms with van der Waals surface area (Å²) in [5.41, 5.74) is 5.42. The zero-order valence-corrected chi connectivity index (χ0v) is 10.0. The van der Waals surface area contributed by atoms with Gasteiger partial charge in [-0.15, -0.1) is 0 Å². The van der Waals surface area contributed by atoms with Gasteiger partial charge < -0.3 is 20.8 Å². The largest absolute Gasteiger partial charge is 0.388 e. The number of hydrogen-bond donors (Lipinski definition) is 3. The standard InChI is InChI=1S/C11H19N5O/c1-9(12)13-5-3-2-4-10(8-17)16-11-14-6-7-15-11/h6-8,10H,2-5H2,1H3,(H2,12,13)(H2,14,15,16)/t10-/m0/s1. The Labute approximate surface area is 101 Å². The first-order valence-corrected chi connectivity index (χ1v) is 5.70. The second-order valence-electron chi connectivity index (χ2n) is 3.84. The Balaban J connectivity index is 2.19. The van der Waals surface area contributed by atoms with Crippen molar-refractivity contribution < 1.29 is 4.79 Å². The van der Waals surface area contributed by atoms with Gasteiger partial charge in [-0.05, 0) is 26.2 Å². The third-order valence-electron chi connectivity index (χ3n) is 2.27. The Bertz CT molecular complexity index is 343. The van der Waals surface area contributed by atoms with Gasteiger partial charge in [-0.25, -0.2) is 4.98 Å². The van der Waals surface area contributed by atoms with Crippen LogP contribution in [0.25, 0.3) is 0 Å². The maximum absolute atomic E-state index is 10.9. The van der Waals surface area contributed by atoms with Crippen molar-refractivity contribution in [3.05, 3.63) is 12.4 Å². The van der Waals surface area contributed by atoms with E-state index in [1.165, 1.54) is 0 Å². The summed E-state index contributed by atoms with van der Waals surface area (Å²) in [6.45, 7) is 2.49. The first-order chi connectivity index (χ1) is 8.22. The highest BCUT2D eigenvalue weighted by atomic mass is 16.1. The first-order valence-electron chi connectivity index (χ1n) is 5.70. The lowest BCUT2D eigenvalue weighted by Crippen LogP contribution is -2.21. The van der Waals surface area contributed by atoms with E-state index in [2.05, 4.69) is 20.3 Å². The summed E-state index contributed by atoms with van der Waals surface area (Å²) >= 11 is 0. The molecule has 1 aromatic heterocycles. The van der Waals surface area contributed by atoms with Gasteiger partial charge >= 0.3 is 0 Å². The van der Waals surface area contributed by atoms with Crippen molar-refractivity contribution in [2.24, 2.45) is 10.7 Å². The minimum atomic E-state index is -0.205. The molecule has 0 saturated carbocycles. The second-order valence-corrected chi connectivity index (χ2v) is 3.84. The molecule has 0 saturated heterocycles. The molecule has 1 aromatic rings. The van der Waals surface area contributed by atoms with Crippen LogP contribution in [-0.4, -0.2) is 34.7 Å². The summed E-state index contributed by atoms with van der Waals surface area (Å²) in [6.07, 6.45) is 6.88. The fourth-order valence-corrected chi connectivity index (χ4v) is 1.43. The van der Waals surface area contributed by atoms with Crippen LogP contribution in [-0.2, 0) is 4.79 Å². The van der Waals surface area contributed by atoms with E-state index in [1.807, 2.05) is 0 Å². The Hall–Kier alpha value is -1.85. The number of rotatable bonds is 8. The highest BCUT2D eigenvalue weighted by molar-refractivity contribution is 5.77. The highest BCUT2D eigenvalue weighted by Gasteiger charge is 2.07. The van der Waals surface area contributed by atoms with Gasteiger partial charge in [-0.2, -0.15) is 0 Å². The van der Waals surface area contributed by atoms with Crippen LogP contribution in [0.3, 0.4) is 0 Å². The van der Waals surface area contributed by atoms with Gasteiger partial charge in [0.2, 0.25) is 5.95 Å². The number of aromatic amines is 1. The van der Waals surface area contributed by atoms with E-state index >= 15 is 0 Å². The van der Waals surface area contributed by atoms with E-state index in [9.17, 15) is 4.79 Å². The minimum Gasteiger partial charge on any atom is -0.388 e. The predicted octanol–water partition coefficient (Wildman–Crippen LogP) is 0.936. The average Bonchev–Trinajstić information content (AvgIpc) is 2.79. The lowest BCUT2D eigenvalue weighted by atomic mass is 10.1. The summed E-state index contributed by atoms with van der Waals surface area (Å²) in [6, 6.07) is -0.205. The molecule has 0 fully saturated rings. The summed E-state index contributed by atoms with van der Waals surface area (Å²) in [5, 5.41) is 3.01. The summed E-state index contributed by atoms with van der Waals surface area (Å²) in [4.78, 5) is 21.8. The molecule has 0 amide bonds. The van der Waals surface area contributed by atoms with Crippen molar-refractivity contribution in [2.75, 3.05) is 11.9 Å². The maximum Gasteiger partial charge on any atom is 0.200 e. The minimum absolute atomic E-state index is 0.205. The molecule has 0 spiro atoms. The van der Waals surface area contributed by atoms with Gasteiger partial charge in [0.15, 0.2) is 0 Å². The van der Waals surface area contributed by atoms with Crippen molar-refractivity contribution in [2.45, 2.75) is 32.2 Å². The van der Waals surface area contributed by atoms with Gasteiger partial charge in [-0.1, -0.05) is 0 Å². The van der Waals surface area contributed by atoms with Gasteiger partial charge in [0.1, 0.15) is 6.29 Å². The number of hydrogen-bond acceptors (Lipinski definition) is 4. The molecule has 94 valence electrons. The third-order valence-corrected chi connectivity index (χ3v) is 2.27. The van der Waals surface area contributed by atoms with E-state index < -0.39 is 0 Å². The fourth-order valence-electron chi connectivity index (χ4n) is 1.43. The molecule has 6 heteroatoms. The van der Waals surface area contributed by atoms with E-state index in [4.69, 9.17) is 5.73 Å². The molecule has 1 heterocycles. The topological polar surface area (TPSA) is 96.2 Å². The number of H-pyrrole nitrogens is 1. The van der Waals surface area contributed by atoms with Crippen LogP contribution in [0.15, 0.2) is 17.4 Å². The van der Waals surface area contributed by atoms with Crippen molar-refractivity contribution in [1.29, 1.82) is 0 Å². The quantitative estimate of drug-likeness (QED) is 0.271. The van der Waals surface area contributed by atoms with Crippen LogP contribution in [0.5, 0.6) is 0 Å². The molecule has 0 aliphatic rings. The van der Waals surface area contributed by atoms with Crippen molar-refractivity contribution in [3.8, 4) is 0 Å². The van der Waals surface area contributed by atoms with E-state index in [-0.39, 0.29) is 6.04 Å². The number of nitrogens with zero attached hydrogens (tertiary/aromatic N) is 2. The van der Waals surface area contributed by atoms with Gasteiger partial charge in [0, 0.05) is 18.9 Å². The molecule has 1 rings (SSSR count). The Kier molecular flexibility index (Phi) is 5.77. The summed E-state index contributed by atoms with van der Waals surface area (Å²) in [7, 11) is 0. The smallest absolute Gasteiger partial charge is 0.200 e. The molecule has 0 radical (unpaired) electrons. The molecule has 17 heavy (non-hydrogen) atoms. The normalized spacial score (nSPS) is 13.4. The molecule has 0 unspecified atom stereocenters. The molecule has 1 atom stereocenters. The molecule has 0 aliphatic heterocycles. The molecule has 0 aromatic carbocycles. The van der Waals surface area contributed by atoms with E-state index in [1.54, 1.807) is 19.3 Å². The van der Waals surface area contributed by atoms with Gasteiger partial charge in [-0.3, -0.25) is 4.99 Å². The number of aliphatic imine (C=N–C) groups is 1. The van der Waals surface area contributed by atoms with E-state index in [0.717, 1.165) is 25.5 Å². The Morgan fingerprint density at radius 3 is 3.12 bits per heavy atom. The predicted molar refractivity (Wildman–Crippen MR) is 68.1 cm³/mol. The second kappa shape index (κ2) is 7.43. The number of carbonyl (C=O) groups is 1. The number of nitrogens with one attached hydrogen (secondary N) is 2. The lowest BCUT2D eigenvalue weighted by Gasteiger charge is -2.10. The van der Waals surface area contributed by atoms with Crippen LogP contribution >= 0.6 is 0 Å². The number of imidazole rings is 1. The number of aromatic nitrogens is 2. The van der Waals surface area contributed by atoms with E-state index in [0.29, 0.717) is 18.3 Å². The summed E-state index contributed by atoms with van der Waals surface area (Å²) < 4.78 is 0. The van der Waals surface area contributed by atoms with Crippen LogP contribution in [0.4, 0.5) is 5.95 Å². The van der Waals surface area contributed by atoms with Crippen molar-refractivity contribution >= 4 is 18.1 Å². The first kappa shape index (κ1) is 13.2. The molecule has 6 nitrogen and oxygen atoms in total. The van der Waals surface area contributed by atoms with Crippen molar-refractivity contribution in [3.63, 3.8) is 0 Å².